The van der Waals surface area contributed by atoms with Crippen LogP contribution in [-0.4, -0.2) is 50.8 Å². The van der Waals surface area contributed by atoms with E-state index in [9.17, 15) is 14.4 Å². The Labute approximate surface area is 215 Å². The number of hydrogen-bond donors (Lipinski definition) is 2. The van der Waals surface area contributed by atoms with E-state index in [2.05, 4.69) is 15.7 Å². The Bertz CT molecular complexity index is 1220. The van der Waals surface area contributed by atoms with Gasteiger partial charge in [-0.1, -0.05) is 11.6 Å². The van der Waals surface area contributed by atoms with Gasteiger partial charge in [0, 0.05) is 21.7 Å². The molecule has 1 aromatic heterocycles. The van der Waals surface area contributed by atoms with E-state index in [1.165, 1.54) is 38.8 Å². The van der Waals surface area contributed by atoms with Crippen molar-refractivity contribution in [3.63, 3.8) is 0 Å². The van der Waals surface area contributed by atoms with Crippen molar-refractivity contribution >= 4 is 51.7 Å². The summed E-state index contributed by atoms with van der Waals surface area (Å²) in [5, 5.41) is 5.45. The van der Waals surface area contributed by atoms with E-state index < -0.39 is 17.9 Å². The smallest absolute Gasteiger partial charge is 0.357 e. The number of amides is 3. The minimum Gasteiger partial charge on any atom is -0.493 e. The highest BCUT2D eigenvalue weighted by Crippen LogP contribution is 2.38. The summed E-state index contributed by atoms with van der Waals surface area (Å²) in [6, 6.07) is 8.48. The number of urea groups is 1. The lowest BCUT2D eigenvalue weighted by molar-refractivity contribution is 0.0520. The minimum absolute atomic E-state index is 0.0109. The first-order valence-electron chi connectivity index (χ1n) is 10.4. The van der Waals surface area contributed by atoms with Gasteiger partial charge in [0.1, 0.15) is 0 Å². The Hall–Kier alpha value is -4.03. The van der Waals surface area contributed by atoms with Crippen LogP contribution in [0, 0.1) is 0 Å². The number of benzene rings is 2. The van der Waals surface area contributed by atoms with Crippen LogP contribution in [0.2, 0.25) is 5.02 Å². The number of esters is 1. The van der Waals surface area contributed by atoms with Crippen LogP contribution in [0.25, 0.3) is 0 Å². The maximum atomic E-state index is 13.2. The van der Waals surface area contributed by atoms with Gasteiger partial charge < -0.3 is 24.3 Å². The van der Waals surface area contributed by atoms with Crippen molar-refractivity contribution in [2.75, 3.05) is 38.3 Å². The predicted molar refractivity (Wildman–Crippen MR) is 135 cm³/mol. The molecule has 0 bridgehead atoms. The lowest BCUT2D eigenvalue weighted by Gasteiger charge is -2.21. The number of aromatic nitrogens is 1. The van der Waals surface area contributed by atoms with Gasteiger partial charge in [-0.3, -0.25) is 10.2 Å². The monoisotopic (exact) mass is 534 g/mol. The highest BCUT2D eigenvalue weighted by atomic mass is 35.5. The number of carbonyl (C=O) groups excluding carboxylic acids is 3. The van der Waals surface area contributed by atoms with E-state index in [4.69, 9.17) is 30.5 Å². The van der Waals surface area contributed by atoms with Crippen molar-refractivity contribution in [2.24, 2.45) is 0 Å². The van der Waals surface area contributed by atoms with Crippen LogP contribution in [0.4, 0.5) is 15.6 Å². The predicted octanol–water partition coefficient (Wildman–Crippen LogP) is 4.38. The molecule has 0 saturated heterocycles. The molecule has 3 aromatic rings. The Morgan fingerprint density at radius 3 is 2.22 bits per heavy atom. The Morgan fingerprint density at radius 1 is 1.03 bits per heavy atom. The fourth-order valence-corrected chi connectivity index (χ4v) is 3.82. The van der Waals surface area contributed by atoms with Crippen LogP contribution in [0.1, 0.15) is 27.8 Å². The maximum Gasteiger partial charge on any atom is 0.357 e. The van der Waals surface area contributed by atoms with Crippen molar-refractivity contribution in [1.29, 1.82) is 0 Å². The highest BCUT2D eigenvalue weighted by Gasteiger charge is 2.26. The molecule has 0 radical (unpaired) electrons. The van der Waals surface area contributed by atoms with Crippen molar-refractivity contribution in [3.8, 4) is 17.2 Å². The standard InChI is InChI=1S/C23H23ClN4O7S/c1-5-35-21(30)16-12-36-23(26-16)28(22(31)25-15-8-6-14(24)7-9-15)27-20(29)13-10-17(32-2)19(34-4)18(11-13)33-3/h6-12H,5H2,1-4H3,(H,25,31)(H,27,29). The average molecular weight is 535 g/mol. The molecule has 36 heavy (non-hydrogen) atoms. The molecule has 3 rings (SSSR count). The molecule has 2 N–H and O–H groups in total. The second kappa shape index (κ2) is 12.1. The molecular formula is C23H23ClN4O7S. The number of thiazole rings is 1. The molecule has 11 nitrogen and oxygen atoms in total. The molecule has 0 fully saturated rings. The number of rotatable bonds is 8. The lowest BCUT2D eigenvalue weighted by Crippen LogP contribution is -2.48. The third-order valence-corrected chi connectivity index (χ3v) is 5.68. The summed E-state index contributed by atoms with van der Waals surface area (Å²) < 4.78 is 20.8. The maximum absolute atomic E-state index is 13.2. The molecule has 0 aliphatic heterocycles. The number of nitrogens with zero attached hydrogens (tertiary/aromatic N) is 2. The van der Waals surface area contributed by atoms with Gasteiger partial charge >= 0.3 is 12.0 Å². The molecule has 0 atom stereocenters. The van der Waals surface area contributed by atoms with Crippen LogP contribution < -0.4 is 30.0 Å². The molecule has 3 amide bonds. The first kappa shape index (κ1) is 26.6. The van der Waals surface area contributed by atoms with Crippen molar-refractivity contribution in [2.45, 2.75) is 6.92 Å². The number of halogens is 1. The van der Waals surface area contributed by atoms with Gasteiger partial charge in [0.2, 0.25) is 10.9 Å². The number of nitrogens with one attached hydrogen (secondary N) is 2. The Kier molecular flexibility index (Phi) is 8.92. The molecule has 2 aromatic carbocycles. The van der Waals surface area contributed by atoms with Crippen molar-refractivity contribution < 1.29 is 33.3 Å². The summed E-state index contributed by atoms with van der Waals surface area (Å²) >= 11 is 6.87. The van der Waals surface area contributed by atoms with Crippen molar-refractivity contribution in [3.05, 3.63) is 58.1 Å². The van der Waals surface area contributed by atoms with Crippen molar-refractivity contribution in [1.82, 2.24) is 10.4 Å². The topological polar surface area (TPSA) is 128 Å². The Balaban J connectivity index is 1.94. The van der Waals surface area contributed by atoms with Crippen LogP contribution in [0.15, 0.2) is 41.8 Å². The fraction of sp³-hybridized carbons (Fsp3) is 0.217. The molecule has 0 unspecified atom stereocenters. The summed E-state index contributed by atoms with van der Waals surface area (Å²) in [6.45, 7) is 1.82. The number of ether oxygens (including phenoxy) is 4. The van der Waals surface area contributed by atoms with Crippen LogP contribution in [0.5, 0.6) is 17.2 Å². The van der Waals surface area contributed by atoms with Crippen LogP contribution in [-0.2, 0) is 4.74 Å². The minimum atomic E-state index is -0.747. The number of carbonyl (C=O) groups is 3. The van der Waals surface area contributed by atoms with Gasteiger partial charge in [0.05, 0.1) is 27.9 Å². The first-order valence-corrected chi connectivity index (χ1v) is 11.7. The normalized spacial score (nSPS) is 10.2. The van der Waals surface area contributed by atoms with Gasteiger partial charge in [-0.25, -0.2) is 14.6 Å². The molecular weight excluding hydrogens is 512 g/mol. The van der Waals surface area contributed by atoms with E-state index in [1.54, 1.807) is 31.2 Å². The molecule has 0 spiro atoms. The van der Waals surface area contributed by atoms with E-state index in [0.717, 1.165) is 16.3 Å². The molecule has 1 heterocycles. The summed E-state index contributed by atoms with van der Waals surface area (Å²) in [6.07, 6.45) is 0. The zero-order valence-electron chi connectivity index (χ0n) is 19.8. The molecule has 0 aliphatic rings. The summed E-state index contributed by atoms with van der Waals surface area (Å²) in [5.74, 6) is -0.550. The van der Waals surface area contributed by atoms with Crippen LogP contribution in [0.3, 0.4) is 0 Å². The zero-order valence-corrected chi connectivity index (χ0v) is 21.4. The number of hydrazine groups is 1. The molecule has 190 valence electrons. The second-order valence-corrected chi connectivity index (χ2v) is 8.14. The van der Waals surface area contributed by atoms with Gasteiger partial charge in [0.25, 0.3) is 5.91 Å². The van der Waals surface area contributed by atoms with E-state index in [-0.39, 0.29) is 34.5 Å². The van der Waals surface area contributed by atoms with Gasteiger partial charge in [-0.05, 0) is 43.3 Å². The quantitative estimate of drug-likeness (QED) is 0.322. The largest absolute Gasteiger partial charge is 0.493 e. The van der Waals surface area contributed by atoms with Gasteiger partial charge in [0.15, 0.2) is 17.2 Å². The Morgan fingerprint density at radius 2 is 1.67 bits per heavy atom. The number of methoxy groups -OCH3 is 3. The fourth-order valence-electron chi connectivity index (χ4n) is 2.94. The van der Waals surface area contributed by atoms with Crippen LogP contribution >= 0.6 is 22.9 Å². The van der Waals surface area contributed by atoms with E-state index in [1.807, 2.05) is 0 Å². The van der Waals surface area contributed by atoms with Gasteiger partial charge in [-0.15, -0.1) is 11.3 Å². The average Bonchev–Trinajstić information content (AvgIpc) is 3.37. The molecule has 0 aliphatic carbocycles. The molecule has 0 saturated carbocycles. The third kappa shape index (κ3) is 6.15. The second-order valence-electron chi connectivity index (χ2n) is 6.86. The van der Waals surface area contributed by atoms with Gasteiger partial charge in [-0.2, -0.15) is 5.01 Å². The summed E-state index contributed by atoms with van der Waals surface area (Å²) in [5.41, 5.74) is 3.02. The SMILES string of the molecule is CCOC(=O)c1csc(N(NC(=O)c2cc(OC)c(OC)c(OC)c2)C(=O)Nc2ccc(Cl)cc2)n1. The third-order valence-electron chi connectivity index (χ3n) is 4.61. The number of anilines is 2. The summed E-state index contributed by atoms with van der Waals surface area (Å²) in [7, 11) is 4.27. The van der Waals surface area contributed by atoms with E-state index in [0.29, 0.717) is 16.5 Å². The lowest BCUT2D eigenvalue weighted by atomic mass is 10.1. The first-order chi connectivity index (χ1) is 17.3. The van der Waals surface area contributed by atoms with E-state index >= 15 is 0 Å². The summed E-state index contributed by atoms with van der Waals surface area (Å²) in [4.78, 5) is 42.6. The molecule has 13 heteroatoms. The highest BCUT2D eigenvalue weighted by molar-refractivity contribution is 7.14. The zero-order chi connectivity index (χ0) is 26.2. The number of hydrogen-bond acceptors (Lipinski definition) is 9.